The van der Waals surface area contributed by atoms with Crippen LogP contribution in [0.3, 0.4) is 0 Å². The summed E-state index contributed by atoms with van der Waals surface area (Å²) in [4.78, 5) is 44.0. The number of pyridine rings is 1. The zero-order chi connectivity index (χ0) is 38.0. The number of carbonyl (C=O) groups excluding carboxylic acids is 3. The third-order valence-electron chi connectivity index (χ3n) is 8.00. The van der Waals surface area contributed by atoms with Crippen molar-refractivity contribution in [1.29, 1.82) is 0 Å². The van der Waals surface area contributed by atoms with E-state index in [-0.39, 0.29) is 56.4 Å². The number of nitrogens with zero attached hydrogens (tertiary/aromatic N) is 2. The van der Waals surface area contributed by atoms with Gasteiger partial charge in [0.25, 0.3) is 5.91 Å². The van der Waals surface area contributed by atoms with E-state index in [1.807, 2.05) is 0 Å². The third-order valence-corrected chi connectivity index (χ3v) is 8.00. The molecule has 1 aliphatic heterocycles. The van der Waals surface area contributed by atoms with Crippen molar-refractivity contribution in [2.75, 3.05) is 37.8 Å². The largest absolute Gasteiger partial charge is 0.449 e. The minimum absolute atomic E-state index is 0.0120. The second-order valence-corrected chi connectivity index (χ2v) is 12.5. The van der Waals surface area contributed by atoms with Gasteiger partial charge >= 0.3 is 18.4 Å². The number of imide groups is 1. The van der Waals surface area contributed by atoms with Gasteiger partial charge in [-0.3, -0.25) is 9.78 Å². The first-order valence-electron chi connectivity index (χ1n) is 16.3. The Labute approximate surface area is 295 Å². The van der Waals surface area contributed by atoms with Gasteiger partial charge in [-0.2, -0.15) is 13.2 Å². The first-order chi connectivity index (χ1) is 24.6. The predicted octanol–water partition coefficient (Wildman–Crippen LogP) is 5.36. The molecule has 1 aliphatic rings. The molecule has 0 spiro atoms. The minimum Gasteiger partial charge on any atom is -0.449 e. The van der Waals surface area contributed by atoms with Crippen molar-refractivity contribution in [2.45, 2.75) is 57.0 Å². The maximum atomic E-state index is 15.5. The summed E-state index contributed by atoms with van der Waals surface area (Å²) < 4.78 is 96.2. The summed E-state index contributed by atoms with van der Waals surface area (Å²) in [6.07, 6.45) is -5.34. The highest BCUT2D eigenvalue weighted by atomic mass is 19.4. The van der Waals surface area contributed by atoms with E-state index in [0.717, 1.165) is 12.4 Å². The molecule has 282 valence electrons. The van der Waals surface area contributed by atoms with Crippen LogP contribution in [0.1, 0.15) is 42.9 Å². The number of benzene rings is 2. The van der Waals surface area contributed by atoms with Crippen LogP contribution in [-0.2, 0) is 25.4 Å². The summed E-state index contributed by atoms with van der Waals surface area (Å²) in [6, 6.07) is 8.22. The van der Waals surface area contributed by atoms with E-state index in [1.165, 1.54) is 48.5 Å². The molecule has 11 nitrogen and oxygen atoms in total. The maximum absolute atomic E-state index is 15.5. The van der Waals surface area contributed by atoms with Crippen LogP contribution in [0.4, 0.5) is 41.6 Å². The molecule has 52 heavy (non-hydrogen) atoms. The standard InChI is InChI=1S/C35H39F6N5O6/c1-20(2)16-52-34(49)46(32(47)31(42)30(21-3-7-23(36)8-4-21)22-5-9-24(37)10-6-22)29-15-43-14-28(38)27(29)12-11-26-13-44-25(17-50-26)18-51-33(48)45-19-35(39,40)41/h3-10,14-15,20,25-26,30-31,44H,11-13,16-19,42H2,1-2H3,(H,45,48)/t25-,26+,31-/m0/s1. The molecule has 0 saturated carbocycles. The molecule has 0 bridgehead atoms. The van der Waals surface area contributed by atoms with Crippen molar-refractivity contribution in [3.8, 4) is 0 Å². The van der Waals surface area contributed by atoms with Gasteiger partial charge in [0.05, 0.1) is 49.5 Å². The Morgan fingerprint density at radius 3 is 2.15 bits per heavy atom. The van der Waals surface area contributed by atoms with Gasteiger partial charge in [0.15, 0.2) is 0 Å². The zero-order valence-corrected chi connectivity index (χ0v) is 28.3. The number of alkyl carbamates (subject to hydrolysis) is 1. The summed E-state index contributed by atoms with van der Waals surface area (Å²) in [5.74, 6) is -4.08. The van der Waals surface area contributed by atoms with Crippen LogP contribution in [0.15, 0.2) is 60.9 Å². The molecule has 0 radical (unpaired) electrons. The lowest BCUT2D eigenvalue weighted by Gasteiger charge is -2.31. The first-order valence-corrected chi connectivity index (χ1v) is 16.3. The Kier molecular flexibility index (Phi) is 14.0. The Morgan fingerprint density at radius 1 is 1.00 bits per heavy atom. The Balaban J connectivity index is 1.54. The Bertz CT molecular complexity index is 1610. The average molecular weight is 740 g/mol. The number of hydrogen-bond donors (Lipinski definition) is 3. The molecule has 17 heteroatoms. The van der Waals surface area contributed by atoms with E-state index in [1.54, 1.807) is 19.2 Å². The van der Waals surface area contributed by atoms with Crippen molar-refractivity contribution in [3.63, 3.8) is 0 Å². The minimum atomic E-state index is -4.59. The van der Waals surface area contributed by atoms with Crippen molar-refractivity contribution in [3.05, 3.63) is 95.1 Å². The number of anilines is 1. The molecule has 0 aliphatic carbocycles. The number of aromatic nitrogens is 1. The normalized spacial score (nSPS) is 16.8. The van der Waals surface area contributed by atoms with Crippen LogP contribution in [0, 0.1) is 23.4 Å². The number of amides is 3. The summed E-state index contributed by atoms with van der Waals surface area (Å²) >= 11 is 0. The molecule has 1 aromatic heterocycles. The summed E-state index contributed by atoms with van der Waals surface area (Å²) in [6.45, 7) is 1.86. The third kappa shape index (κ3) is 11.4. The van der Waals surface area contributed by atoms with E-state index in [9.17, 15) is 36.3 Å². The zero-order valence-electron chi connectivity index (χ0n) is 28.3. The molecule has 4 rings (SSSR count). The molecular weight excluding hydrogens is 700 g/mol. The summed E-state index contributed by atoms with van der Waals surface area (Å²) in [7, 11) is 0. The van der Waals surface area contributed by atoms with Gasteiger partial charge in [0, 0.05) is 18.0 Å². The van der Waals surface area contributed by atoms with E-state index in [4.69, 9.17) is 19.9 Å². The summed E-state index contributed by atoms with van der Waals surface area (Å²) in [5, 5.41) is 4.65. The van der Waals surface area contributed by atoms with E-state index in [2.05, 4.69) is 10.3 Å². The molecule has 1 saturated heterocycles. The number of alkyl halides is 3. The monoisotopic (exact) mass is 739 g/mol. The van der Waals surface area contributed by atoms with Crippen molar-refractivity contribution < 1.29 is 54.9 Å². The smallest absolute Gasteiger partial charge is 0.421 e. The van der Waals surface area contributed by atoms with E-state index >= 15 is 4.39 Å². The predicted molar refractivity (Wildman–Crippen MR) is 176 cm³/mol. The lowest BCUT2D eigenvalue weighted by molar-refractivity contribution is -0.124. The second-order valence-electron chi connectivity index (χ2n) is 12.5. The molecule has 4 N–H and O–H groups in total. The molecule has 3 amide bonds. The highest BCUT2D eigenvalue weighted by Crippen LogP contribution is 2.32. The number of nitrogens with two attached hydrogens (primary N) is 1. The number of morpholine rings is 1. The van der Waals surface area contributed by atoms with Gasteiger partial charge in [0.2, 0.25) is 0 Å². The van der Waals surface area contributed by atoms with E-state index in [0.29, 0.717) is 16.0 Å². The fourth-order valence-corrected chi connectivity index (χ4v) is 5.41. The number of hydrogen-bond acceptors (Lipinski definition) is 9. The highest BCUT2D eigenvalue weighted by Gasteiger charge is 2.38. The van der Waals surface area contributed by atoms with Gasteiger partial charge < -0.3 is 30.6 Å². The topological polar surface area (TPSA) is 145 Å². The van der Waals surface area contributed by atoms with Crippen molar-refractivity contribution in [2.24, 2.45) is 11.7 Å². The van der Waals surface area contributed by atoms with Crippen molar-refractivity contribution in [1.82, 2.24) is 15.6 Å². The lowest BCUT2D eigenvalue weighted by Crippen LogP contribution is -2.51. The van der Waals surface area contributed by atoms with Crippen LogP contribution in [-0.4, -0.2) is 80.4 Å². The van der Waals surface area contributed by atoms with Crippen LogP contribution < -0.4 is 21.3 Å². The fraction of sp³-hybridized carbons (Fsp3) is 0.429. The Morgan fingerprint density at radius 2 is 1.62 bits per heavy atom. The van der Waals surface area contributed by atoms with Crippen molar-refractivity contribution >= 4 is 23.8 Å². The lowest BCUT2D eigenvalue weighted by atomic mass is 9.84. The number of halogens is 6. The second kappa shape index (κ2) is 18.1. The SMILES string of the molecule is CC(C)COC(=O)N(C(=O)[C@@H](N)C(c1ccc(F)cc1)c1ccc(F)cc1)c1cncc(F)c1CC[C@@H]1CN[C@H](COC(=O)NCC(F)(F)F)CO1. The van der Waals surface area contributed by atoms with Crippen LogP contribution in [0.2, 0.25) is 0 Å². The van der Waals surface area contributed by atoms with Gasteiger partial charge in [-0.15, -0.1) is 0 Å². The number of rotatable bonds is 13. The van der Waals surface area contributed by atoms with Gasteiger partial charge in [0.1, 0.15) is 30.6 Å². The van der Waals surface area contributed by atoms with Gasteiger partial charge in [-0.1, -0.05) is 38.1 Å². The molecule has 2 aromatic carbocycles. The highest BCUT2D eigenvalue weighted by molar-refractivity contribution is 6.15. The molecular formula is C35H39F6N5O6. The first kappa shape index (κ1) is 40.0. The van der Waals surface area contributed by atoms with Crippen LogP contribution in [0.5, 0.6) is 0 Å². The molecule has 3 atom stereocenters. The van der Waals surface area contributed by atoms with E-state index < -0.39 is 72.4 Å². The molecule has 1 fully saturated rings. The molecule has 2 heterocycles. The quantitative estimate of drug-likeness (QED) is 0.197. The van der Waals surface area contributed by atoms with Crippen LogP contribution >= 0.6 is 0 Å². The number of nitrogens with one attached hydrogen (secondary N) is 2. The number of carbonyl (C=O) groups is 3. The average Bonchev–Trinajstić information content (AvgIpc) is 3.10. The molecule has 0 unspecified atom stereocenters. The van der Waals surface area contributed by atoms with Gasteiger partial charge in [-0.25, -0.2) is 27.7 Å². The summed E-state index contributed by atoms with van der Waals surface area (Å²) in [5.41, 5.74) is 7.05. The van der Waals surface area contributed by atoms with Crippen LogP contribution in [0.25, 0.3) is 0 Å². The number of ether oxygens (including phenoxy) is 3. The maximum Gasteiger partial charge on any atom is 0.421 e. The Hall–Kier alpha value is -4.74. The van der Waals surface area contributed by atoms with Gasteiger partial charge in [-0.05, 0) is 54.2 Å². The molecule has 3 aromatic rings. The fourth-order valence-electron chi connectivity index (χ4n) is 5.41.